The number of benzene rings is 1. The molecular formula is C12H16F3N3O. The number of nitrogen functional groups attached to an aromatic ring is 1. The number of halogens is 3. The fourth-order valence-corrected chi connectivity index (χ4v) is 1.48. The van der Waals surface area contributed by atoms with Gasteiger partial charge in [-0.15, -0.1) is 0 Å². The van der Waals surface area contributed by atoms with Crippen molar-refractivity contribution in [3.8, 4) is 0 Å². The van der Waals surface area contributed by atoms with Gasteiger partial charge in [-0.05, 0) is 25.2 Å². The van der Waals surface area contributed by atoms with Crippen molar-refractivity contribution >= 4 is 17.3 Å². The lowest BCUT2D eigenvalue weighted by atomic mass is 10.2. The van der Waals surface area contributed by atoms with Gasteiger partial charge in [-0.2, -0.15) is 0 Å². The van der Waals surface area contributed by atoms with Crippen molar-refractivity contribution in [3.63, 3.8) is 0 Å². The first-order valence-corrected chi connectivity index (χ1v) is 5.70. The van der Waals surface area contributed by atoms with E-state index in [2.05, 4.69) is 5.32 Å². The second-order valence-electron chi connectivity index (χ2n) is 4.18. The summed E-state index contributed by atoms with van der Waals surface area (Å²) >= 11 is 0. The largest absolute Gasteiger partial charge is 0.397 e. The monoisotopic (exact) mass is 275 g/mol. The summed E-state index contributed by atoms with van der Waals surface area (Å²) in [5.41, 5.74) is 5.96. The predicted octanol–water partition coefficient (Wildman–Crippen LogP) is 1.93. The number of anilines is 2. The minimum atomic E-state index is -2.43. The molecule has 1 amide bonds. The summed E-state index contributed by atoms with van der Waals surface area (Å²) in [7, 11) is 1.51. The molecule has 0 heterocycles. The van der Waals surface area contributed by atoms with Crippen molar-refractivity contribution in [2.45, 2.75) is 12.8 Å². The summed E-state index contributed by atoms with van der Waals surface area (Å²) in [4.78, 5) is 12.9. The van der Waals surface area contributed by atoms with E-state index in [9.17, 15) is 18.0 Å². The van der Waals surface area contributed by atoms with Crippen molar-refractivity contribution in [1.29, 1.82) is 0 Å². The van der Waals surface area contributed by atoms with Gasteiger partial charge in [-0.1, -0.05) is 0 Å². The number of nitrogens with two attached hydrogens (primary N) is 1. The van der Waals surface area contributed by atoms with Gasteiger partial charge < -0.3 is 16.0 Å². The first-order chi connectivity index (χ1) is 8.88. The molecule has 0 saturated heterocycles. The Morgan fingerprint density at radius 2 is 2.16 bits per heavy atom. The zero-order valence-electron chi connectivity index (χ0n) is 10.5. The number of amides is 1. The Balaban J connectivity index is 2.43. The average molecular weight is 275 g/mol. The highest BCUT2D eigenvalue weighted by molar-refractivity contribution is 5.93. The summed E-state index contributed by atoms with van der Waals surface area (Å²) in [6.07, 6.45) is -2.37. The van der Waals surface area contributed by atoms with Gasteiger partial charge in [0.25, 0.3) is 6.43 Å². The lowest BCUT2D eigenvalue weighted by molar-refractivity contribution is -0.116. The maximum atomic E-state index is 12.8. The van der Waals surface area contributed by atoms with Gasteiger partial charge in [0.2, 0.25) is 5.91 Å². The molecule has 106 valence electrons. The molecule has 0 aliphatic heterocycles. The molecule has 0 fully saturated rings. The van der Waals surface area contributed by atoms with Gasteiger partial charge in [0.1, 0.15) is 5.82 Å². The zero-order valence-corrected chi connectivity index (χ0v) is 10.5. The highest BCUT2D eigenvalue weighted by Gasteiger charge is 2.10. The van der Waals surface area contributed by atoms with E-state index >= 15 is 0 Å². The highest BCUT2D eigenvalue weighted by atomic mass is 19.3. The van der Waals surface area contributed by atoms with E-state index in [0.29, 0.717) is 5.69 Å². The van der Waals surface area contributed by atoms with Crippen LogP contribution in [0.2, 0.25) is 0 Å². The Morgan fingerprint density at radius 3 is 2.74 bits per heavy atom. The molecule has 1 rings (SSSR count). The average Bonchev–Trinajstić information content (AvgIpc) is 2.29. The van der Waals surface area contributed by atoms with Gasteiger partial charge in [0, 0.05) is 13.0 Å². The summed E-state index contributed by atoms with van der Waals surface area (Å²) in [5, 5.41) is 2.50. The van der Waals surface area contributed by atoms with Crippen LogP contribution in [0.25, 0.3) is 0 Å². The van der Waals surface area contributed by atoms with E-state index in [1.807, 2.05) is 0 Å². The minimum absolute atomic E-state index is 0.0556. The van der Waals surface area contributed by atoms with Crippen molar-refractivity contribution in [1.82, 2.24) is 4.90 Å². The number of nitrogens with one attached hydrogen (secondary N) is 1. The van der Waals surface area contributed by atoms with E-state index in [4.69, 9.17) is 5.73 Å². The summed E-state index contributed by atoms with van der Waals surface area (Å²) in [6, 6.07) is 3.62. The van der Waals surface area contributed by atoms with Crippen LogP contribution in [0.5, 0.6) is 0 Å². The van der Waals surface area contributed by atoms with Crippen LogP contribution in [0.1, 0.15) is 6.42 Å². The molecule has 0 aliphatic rings. The number of rotatable bonds is 6. The number of hydrogen-bond acceptors (Lipinski definition) is 3. The van der Waals surface area contributed by atoms with Gasteiger partial charge >= 0.3 is 0 Å². The molecule has 4 nitrogen and oxygen atoms in total. The third-order valence-corrected chi connectivity index (χ3v) is 2.46. The Kier molecular flexibility index (Phi) is 5.62. The van der Waals surface area contributed by atoms with E-state index in [1.165, 1.54) is 24.1 Å². The molecule has 0 unspecified atom stereocenters. The van der Waals surface area contributed by atoms with Crippen LogP contribution in [-0.4, -0.2) is 37.4 Å². The summed E-state index contributed by atoms with van der Waals surface area (Å²) in [5.74, 6) is -0.855. The van der Waals surface area contributed by atoms with Crippen LogP contribution in [-0.2, 0) is 4.79 Å². The third kappa shape index (κ3) is 5.60. The molecule has 0 bridgehead atoms. The SMILES string of the molecule is CN(CCC(=O)Nc1ccc(F)cc1N)CC(F)F. The number of carbonyl (C=O) groups is 1. The third-order valence-electron chi connectivity index (χ3n) is 2.46. The second kappa shape index (κ2) is 6.98. The number of alkyl halides is 2. The molecule has 0 radical (unpaired) electrons. The first kappa shape index (κ1) is 15.3. The lowest BCUT2D eigenvalue weighted by Crippen LogP contribution is -2.28. The molecule has 0 spiro atoms. The molecule has 1 aromatic carbocycles. The lowest BCUT2D eigenvalue weighted by Gasteiger charge is -2.15. The molecule has 3 N–H and O–H groups in total. The molecule has 0 saturated carbocycles. The van der Waals surface area contributed by atoms with Crippen LogP contribution in [0.4, 0.5) is 24.5 Å². The van der Waals surface area contributed by atoms with E-state index < -0.39 is 12.2 Å². The van der Waals surface area contributed by atoms with E-state index in [0.717, 1.165) is 6.07 Å². The van der Waals surface area contributed by atoms with E-state index in [-0.39, 0.29) is 31.1 Å². The first-order valence-electron chi connectivity index (χ1n) is 5.70. The van der Waals surface area contributed by atoms with Crippen LogP contribution < -0.4 is 11.1 Å². The van der Waals surface area contributed by atoms with Gasteiger partial charge in [0.05, 0.1) is 17.9 Å². The summed E-state index contributed by atoms with van der Waals surface area (Å²) < 4.78 is 36.9. The maximum Gasteiger partial charge on any atom is 0.251 e. The van der Waals surface area contributed by atoms with E-state index in [1.54, 1.807) is 0 Å². The zero-order chi connectivity index (χ0) is 14.4. The molecule has 0 aliphatic carbocycles. The Hall–Kier alpha value is -1.76. The minimum Gasteiger partial charge on any atom is -0.397 e. The van der Waals surface area contributed by atoms with Gasteiger partial charge in [-0.3, -0.25) is 4.79 Å². The fourth-order valence-electron chi connectivity index (χ4n) is 1.48. The Morgan fingerprint density at radius 1 is 1.47 bits per heavy atom. The molecule has 7 heteroatoms. The predicted molar refractivity (Wildman–Crippen MR) is 67.6 cm³/mol. The van der Waals surface area contributed by atoms with Crippen LogP contribution in [0.15, 0.2) is 18.2 Å². The molecule has 19 heavy (non-hydrogen) atoms. The molecule has 0 atom stereocenters. The highest BCUT2D eigenvalue weighted by Crippen LogP contribution is 2.19. The van der Waals surface area contributed by atoms with Crippen LogP contribution in [0, 0.1) is 5.82 Å². The normalized spacial score (nSPS) is 11.1. The molecule has 1 aromatic rings. The second-order valence-corrected chi connectivity index (χ2v) is 4.18. The van der Waals surface area contributed by atoms with Crippen molar-refractivity contribution in [2.75, 3.05) is 31.2 Å². The van der Waals surface area contributed by atoms with Crippen molar-refractivity contribution in [3.05, 3.63) is 24.0 Å². The maximum absolute atomic E-state index is 12.8. The quantitative estimate of drug-likeness (QED) is 0.780. The van der Waals surface area contributed by atoms with Crippen LogP contribution >= 0.6 is 0 Å². The molecule has 0 aromatic heterocycles. The van der Waals surface area contributed by atoms with Gasteiger partial charge in [-0.25, -0.2) is 13.2 Å². The van der Waals surface area contributed by atoms with Crippen molar-refractivity contribution in [2.24, 2.45) is 0 Å². The van der Waals surface area contributed by atoms with Crippen molar-refractivity contribution < 1.29 is 18.0 Å². The van der Waals surface area contributed by atoms with Gasteiger partial charge in [0.15, 0.2) is 0 Å². The topological polar surface area (TPSA) is 58.4 Å². The molecular weight excluding hydrogens is 259 g/mol. The number of carbonyl (C=O) groups excluding carboxylic acids is 1. The van der Waals surface area contributed by atoms with Crippen LogP contribution in [0.3, 0.4) is 0 Å². The fraction of sp³-hybridized carbons (Fsp3) is 0.417. The number of nitrogens with zero attached hydrogens (tertiary/aromatic N) is 1. The summed E-state index contributed by atoms with van der Waals surface area (Å²) in [6.45, 7) is -0.177. The smallest absolute Gasteiger partial charge is 0.251 e. The Bertz CT molecular complexity index is 440. The Labute approximate surface area is 109 Å². The standard InChI is InChI=1S/C12H16F3N3O/c1-18(7-11(14)15)5-4-12(19)17-10-3-2-8(13)6-9(10)16/h2-3,6,11H,4-5,7,16H2,1H3,(H,17,19). The number of hydrogen-bond donors (Lipinski definition) is 2.